The minimum Gasteiger partial charge on any atom is -0.356 e. The highest BCUT2D eigenvalue weighted by atomic mass is 35.5. The summed E-state index contributed by atoms with van der Waals surface area (Å²) in [5.74, 6) is 1.17. The largest absolute Gasteiger partial charge is 0.356 e. The number of aryl methyl sites for hydroxylation is 2. The molecular weight excluding hydrogens is 442 g/mol. The molecule has 1 atom stereocenters. The Bertz CT molecular complexity index is 1170. The molecule has 0 spiro atoms. The van der Waals surface area contributed by atoms with Crippen molar-refractivity contribution in [2.24, 2.45) is 11.3 Å². The van der Waals surface area contributed by atoms with Crippen LogP contribution in [0, 0.1) is 11.3 Å². The fourth-order valence-electron chi connectivity index (χ4n) is 4.40. The second kappa shape index (κ2) is 9.36. The summed E-state index contributed by atoms with van der Waals surface area (Å²) in [5, 5.41) is 4.40. The van der Waals surface area contributed by atoms with Crippen molar-refractivity contribution in [3.8, 4) is 0 Å². The Kier molecular flexibility index (Phi) is 6.72. The zero-order valence-corrected chi connectivity index (χ0v) is 20.5. The lowest BCUT2D eigenvalue weighted by Gasteiger charge is -2.33. The summed E-state index contributed by atoms with van der Waals surface area (Å²) in [6, 6.07) is 7.62. The lowest BCUT2D eigenvalue weighted by molar-refractivity contribution is -0.121. The summed E-state index contributed by atoms with van der Waals surface area (Å²) >= 11 is 7.55. The molecule has 1 aliphatic carbocycles. The third kappa shape index (κ3) is 5.24. The van der Waals surface area contributed by atoms with E-state index >= 15 is 0 Å². The van der Waals surface area contributed by atoms with Crippen LogP contribution < -0.4 is 10.9 Å². The van der Waals surface area contributed by atoms with Gasteiger partial charge in [-0.2, -0.15) is 0 Å². The maximum atomic E-state index is 12.8. The number of aromatic nitrogens is 2. The predicted octanol–water partition coefficient (Wildman–Crippen LogP) is 5.08. The highest BCUT2D eigenvalue weighted by Crippen LogP contribution is 2.41. The van der Waals surface area contributed by atoms with Crippen molar-refractivity contribution in [3.63, 3.8) is 0 Å². The molecule has 7 heteroatoms. The van der Waals surface area contributed by atoms with E-state index in [0.29, 0.717) is 36.2 Å². The monoisotopic (exact) mass is 471 g/mol. The highest BCUT2D eigenvalue weighted by Gasteiger charge is 2.31. The van der Waals surface area contributed by atoms with Crippen molar-refractivity contribution in [3.05, 3.63) is 61.5 Å². The number of hydrogen-bond donors (Lipinski definition) is 2. The van der Waals surface area contributed by atoms with Gasteiger partial charge in [0.2, 0.25) is 5.91 Å². The SMILES string of the molecule is CC(C)(C)C1CCc2c(sc3nc(CCC(=O)NCCc4ccc(Cl)cc4)[nH]c(=O)c23)C1. The van der Waals surface area contributed by atoms with Crippen LogP contribution in [0.2, 0.25) is 5.02 Å². The first kappa shape index (κ1) is 23.0. The van der Waals surface area contributed by atoms with Crippen LogP contribution in [0.25, 0.3) is 10.2 Å². The Morgan fingerprint density at radius 2 is 2.00 bits per heavy atom. The molecule has 3 aromatic rings. The van der Waals surface area contributed by atoms with Crippen molar-refractivity contribution in [1.29, 1.82) is 0 Å². The van der Waals surface area contributed by atoms with Gasteiger partial charge in [-0.25, -0.2) is 4.98 Å². The molecule has 2 aromatic heterocycles. The van der Waals surface area contributed by atoms with Crippen LogP contribution in [-0.4, -0.2) is 22.4 Å². The Labute approximate surface area is 197 Å². The van der Waals surface area contributed by atoms with E-state index in [0.717, 1.165) is 41.5 Å². The number of hydrogen-bond acceptors (Lipinski definition) is 4. The molecule has 170 valence electrons. The van der Waals surface area contributed by atoms with Gasteiger partial charge in [0.25, 0.3) is 5.56 Å². The van der Waals surface area contributed by atoms with Crippen molar-refractivity contribution >= 4 is 39.1 Å². The number of benzene rings is 1. The minimum absolute atomic E-state index is 0.0415. The van der Waals surface area contributed by atoms with E-state index in [1.54, 1.807) is 11.3 Å². The molecule has 2 heterocycles. The number of carbonyl (C=O) groups excluding carboxylic acids is 1. The molecule has 0 saturated heterocycles. The molecule has 1 amide bonds. The molecule has 2 N–H and O–H groups in total. The summed E-state index contributed by atoms with van der Waals surface area (Å²) in [6.45, 7) is 7.44. The van der Waals surface area contributed by atoms with Crippen LogP contribution in [0.15, 0.2) is 29.1 Å². The predicted molar refractivity (Wildman–Crippen MR) is 132 cm³/mol. The summed E-state index contributed by atoms with van der Waals surface area (Å²) in [5.41, 5.74) is 2.51. The number of amides is 1. The van der Waals surface area contributed by atoms with E-state index in [-0.39, 0.29) is 16.9 Å². The van der Waals surface area contributed by atoms with Crippen LogP contribution in [0.5, 0.6) is 0 Å². The molecule has 5 nitrogen and oxygen atoms in total. The van der Waals surface area contributed by atoms with Crippen LogP contribution in [0.1, 0.15) is 55.4 Å². The van der Waals surface area contributed by atoms with Crippen LogP contribution in [0.4, 0.5) is 0 Å². The number of nitrogens with zero attached hydrogens (tertiary/aromatic N) is 1. The number of halogens is 1. The first-order valence-electron chi connectivity index (χ1n) is 11.3. The van der Waals surface area contributed by atoms with Gasteiger partial charge < -0.3 is 10.3 Å². The average molecular weight is 472 g/mol. The van der Waals surface area contributed by atoms with Crippen molar-refractivity contribution < 1.29 is 4.79 Å². The van der Waals surface area contributed by atoms with E-state index in [1.807, 2.05) is 24.3 Å². The first-order chi connectivity index (χ1) is 15.2. The third-order valence-corrected chi connectivity index (χ3v) is 7.83. The van der Waals surface area contributed by atoms with E-state index in [1.165, 1.54) is 10.4 Å². The first-order valence-corrected chi connectivity index (χ1v) is 12.4. The number of thiophene rings is 1. The molecule has 32 heavy (non-hydrogen) atoms. The van der Waals surface area contributed by atoms with E-state index in [4.69, 9.17) is 16.6 Å². The number of rotatable bonds is 6. The van der Waals surface area contributed by atoms with Gasteiger partial charge in [0, 0.05) is 29.3 Å². The Hall–Kier alpha value is -2.18. The number of aromatic amines is 1. The van der Waals surface area contributed by atoms with Gasteiger partial charge in [0.05, 0.1) is 5.39 Å². The number of fused-ring (bicyclic) bond motifs is 3. The molecule has 0 aliphatic heterocycles. The Balaban J connectivity index is 1.37. The lowest BCUT2D eigenvalue weighted by Crippen LogP contribution is -2.27. The maximum Gasteiger partial charge on any atom is 0.259 e. The number of nitrogens with one attached hydrogen (secondary N) is 2. The van der Waals surface area contributed by atoms with Crippen LogP contribution >= 0.6 is 22.9 Å². The Morgan fingerprint density at radius 1 is 1.25 bits per heavy atom. The minimum atomic E-state index is -0.0696. The number of carbonyl (C=O) groups is 1. The second-order valence-electron chi connectivity index (χ2n) is 9.73. The van der Waals surface area contributed by atoms with Gasteiger partial charge in [-0.1, -0.05) is 44.5 Å². The molecular formula is C25H30ClN3O2S. The van der Waals surface area contributed by atoms with Gasteiger partial charge in [0.1, 0.15) is 10.7 Å². The summed E-state index contributed by atoms with van der Waals surface area (Å²) in [4.78, 5) is 34.8. The topological polar surface area (TPSA) is 74.8 Å². The standard InChI is InChI=1S/C25H30ClN3O2S/c1-25(2,3)16-6-9-18-19(14-16)32-24-22(18)23(31)28-20(29-24)10-11-21(30)27-13-12-15-4-7-17(26)8-5-15/h4-5,7-8,16H,6,9-14H2,1-3H3,(H,27,30)(H,28,29,31). The van der Waals surface area contributed by atoms with Gasteiger partial charge >= 0.3 is 0 Å². The van der Waals surface area contributed by atoms with Crippen LogP contribution in [0.3, 0.4) is 0 Å². The molecule has 1 unspecified atom stereocenters. The fourth-order valence-corrected chi connectivity index (χ4v) is 5.85. The summed E-state index contributed by atoms with van der Waals surface area (Å²) < 4.78 is 0. The van der Waals surface area contributed by atoms with E-state index < -0.39 is 0 Å². The highest BCUT2D eigenvalue weighted by molar-refractivity contribution is 7.18. The van der Waals surface area contributed by atoms with Gasteiger partial charge in [-0.05, 0) is 60.3 Å². The normalized spacial score (nSPS) is 16.2. The molecule has 1 aromatic carbocycles. The molecule has 0 saturated carbocycles. The Morgan fingerprint density at radius 3 is 2.72 bits per heavy atom. The summed E-state index contributed by atoms with van der Waals surface area (Å²) in [6.07, 6.45) is 4.54. The smallest absolute Gasteiger partial charge is 0.259 e. The quantitative estimate of drug-likeness (QED) is 0.526. The summed E-state index contributed by atoms with van der Waals surface area (Å²) in [7, 11) is 0. The zero-order valence-electron chi connectivity index (χ0n) is 18.9. The van der Waals surface area contributed by atoms with Crippen LogP contribution in [-0.2, 0) is 30.5 Å². The van der Waals surface area contributed by atoms with Crippen molar-refractivity contribution in [2.45, 2.75) is 59.3 Å². The van der Waals surface area contributed by atoms with Gasteiger partial charge in [-0.15, -0.1) is 11.3 Å². The van der Waals surface area contributed by atoms with E-state index in [9.17, 15) is 9.59 Å². The molecule has 1 aliphatic rings. The average Bonchev–Trinajstić information content (AvgIpc) is 3.11. The maximum absolute atomic E-state index is 12.8. The number of H-pyrrole nitrogens is 1. The molecule has 0 fully saturated rings. The zero-order chi connectivity index (χ0) is 22.9. The second-order valence-corrected chi connectivity index (χ2v) is 11.2. The van der Waals surface area contributed by atoms with Crippen molar-refractivity contribution in [1.82, 2.24) is 15.3 Å². The van der Waals surface area contributed by atoms with Crippen molar-refractivity contribution in [2.75, 3.05) is 6.54 Å². The molecule has 4 rings (SSSR count). The van der Waals surface area contributed by atoms with Gasteiger partial charge in [0.15, 0.2) is 0 Å². The van der Waals surface area contributed by atoms with E-state index in [2.05, 4.69) is 31.1 Å². The lowest BCUT2D eigenvalue weighted by atomic mass is 9.72. The molecule has 0 bridgehead atoms. The third-order valence-electron chi connectivity index (χ3n) is 6.43. The van der Waals surface area contributed by atoms with Gasteiger partial charge in [-0.3, -0.25) is 9.59 Å². The fraction of sp³-hybridized carbons (Fsp3) is 0.480. The molecule has 0 radical (unpaired) electrons.